The highest BCUT2D eigenvalue weighted by Crippen LogP contribution is 2.22. The Hall–Kier alpha value is -1.75. The van der Waals surface area contributed by atoms with Crippen LogP contribution in [0, 0.1) is 0 Å². The molecule has 3 rings (SSSR count). The van der Waals surface area contributed by atoms with E-state index in [1.807, 2.05) is 0 Å². The summed E-state index contributed by atoms with van der Waals surface area (Å²) in [5, 5.41) is 3.40. The minimum atomic E-state index is 0.359. The lowest BCUT2D eigenvalue weighted by Gasteiger charge is -2.04. The van der Waals surface area contributed by atoms with E-state index in [1.54, 1.807) is 24.7 Å². The van der Waals surface area contributed by atoms with Crippen LogP contribution in [0.4, 0.5) is 0 Å². The van der Waals surface area contributed by atoms with Crippen LogP contribution in [-0.4, -0.2) is 26.5 Å². The summed E-state index contributed by atoms with van der Waals surface area (Å²) in [4.78, 5) is 16.0. The summed E-state index contributed by atoms with van der Waals surface area (Å²) in [5.74, 6) is 1.68. The van der Waals surface area contributed by atoms with Crippen molar-refractivity contribution in [2.75, 3.05) is 6.54 Å². The Bertz CT molecular complexity index is 458. The maximum absolute atomic E-state index is 4.38. The number of aromatic amines is 1. The molecular weight excluding hydrogens is 202 g/mol. The van der Waals surface area contributed by atoms with Crippen molar-refractivity contribution in [1.29, 1.82) is 0 Å². The molecule has 5 nitrogen and oxygen atoms in total. The molecule has 16 heavy (non-hydrogen) atoms. The van der Waals surface area contributed by atoms with E-state index in [4.69, 9.17) is 0 Å². The van der Waals surface area contributed by atoms with Gasteiger partial charge in [-0.2, -0.15) is 0 Å². The number of hydrogen-bond donors (Lipinski definition) is 2. The van der Waals surface area contributed by atoms with Crippen LogP contribution in [0.15, 0.2) is 24.7 Å². The highest BCUT2D eigenvalue weighted by molar-refractivity contribution is 5.47. The summed E-state index contributed by atoms with van der Waals surface area (Å²) in [7, 11) is 0. The van der Waals surface area contributed by atoms with Gasteiger partial charge >= 0.3 is 0 Å². The van der Waals surface area contributed by atoms with Crippen LogP contribution in [0.3, 0.4) is 0 Å². The number of H-pyrrole nitrogens is 1. The van der Waals surface area contributed by atoms with Gasteiger partial charge in [-0.3, -0.25) is 0 Å². The fourth-order valence-corrected chi connectivity index (χ4v) is 1.98. The van der Waals surface area contributed by atoms with Gasteiger partial charge in [-0.15, -0.1) is 0 Å². The van der Waals surface area contributed by atoms with Gasteiger partial charge in [0.05, 0.1) is 12.2 Å². The Kier molecular flexibility index (Phi) is 2.38. The maximum atomic E-state index is 4.38. The van der Waals surface area contributed by atoms with Crippen LogP contribution in [0.25, 0.3) is 11.5 Å². The molecule has 0 radical (unpaired) electrons. The Morgan fingerprint density at radius 1 is 1.19 bits per heavy atom. The van der Waals surface area contributed by atoms with Crippen LogP contribution in [0.2, 0.25) is 0 Å². The fraction of sp³-hybridized carbons (Fsp3) is 0.364. The van der Waals surface area contributed by atoms with Crippen LogP contribution in [-0.2, 0) is 0 Å². The van der Waals surface area contributed by atoms with E-state index in [-0.39, 0.29) is 0 Å². The van der Waals surface area contributed by atoms with Crippen LogP contribution in [0.5, 0.6) is 0 Å². The molecule has 0 aliphatic carbocycles. The molecular formula is C11H13N5. The zero-order valence-electron chi connectivity index (χ0n) is 8.85. The fourth-order valence-electron chi connectivity index (χ4n) is 1.98. The lowest BCUT2D eigenvalue weighted by atomic mass is 10.2. The third-order valence-corrected chi connectivity index (χ3v) is 2.79. The van der Waals surface area contributed by atoms with Gasteiger partial charge in [-0.25, -0.2) is 15.0 Å². The standard InChI is InChI=1S/C11H13N5/c1-3-8(12-4-1)11-15-7-9(16-11)10-13-5-2-6-14-10/h2,5-8,12H,1,3-4H2,(H,15,16)/t8-/m0/s1. The van der Waals surface area contributed by atoms with Gasteiger partial charge in [-0.1, -0.05) is 0 Å². The smallest absolute Gasteiger partial charge is 0.177 e. The lowest BCUT2D eigenvalue weighted by molar-refractivity contribution is 0.613. The average Bonchev–Trinajstić information content (AvgIpc) is 3.01. The molecule has 5 heteroatoms. The van der Waals surface area contributed by atoms with E-state index in [2.05, 4.69) is 25.3 Å². The third kappa shape index (κ3) is 1.69. The average molecular weight is 215 g/mol. The van der Waals surface area contributed by atoms with Gasteiger partial charge in [0.2, 0.25) is 0 Å². The second kappa shape index (κ2) is 4.02. The molecule has 2 N–H and O–H groups in total. The molecule has 0 amide bonds. The number of rotatable bonds is 2. The topological polar surface area (TPSA) is 66.5 Å². The van der Waals surface area contributed by atoms with E-state index in [0.29, 0.717) is 11.9 Å². The molecule has 1 fully saturated rings. The monoisotopic (exact) mass is 215 g/mol. The van der Waals surface area contributed by atoms with Crippen molar-refractivity contribution < 1.29 is 0 Å². The highest BCUT2D eigenvalue weighted by atomic mass is 15.0. The van der Waals surface area contributed by atoms with Gasteiger partial charge in [-0.05, 0) is 25.5 Å². The Balaban J connectivity index is 1.87. The Labute approximate surface area is 93.4 Å². The molecule has 82 valence electrons. The molecule has 0 bridgehead atoms. The predicted molar refractivity (Wildman–Crippen MR) is 59.6 cm³/mol. The van der Waals surface area contributed by atoms with E-state index in [0.717, 1.165) is 24.5 Å². The Morgan fingerprint density at radius 3 is 2.81 bits per heavy atom. The van der Waals surface area contributed by atoms with Crippen molar-refractivity contribution in [3.05, 3.63) is 30.5 Å². The molecule has 1 aliphatic heterocycles. The normalized spacial score (nSPS) is 20.1. The SMILES string of the molecule is c1cnc(-c2cnc([C@@H]3CCCN3)[nH]2)nc1. The molecule has 0 unspecified atom stereocenters. The Morgan fingerprint density at radius 2 is 2.06 bits per heavy atom. The second-order valence-electron chi connectivity index (χ2n) is 3.90. The second-order valence-corrected chi connectivity index (χ2v) is 3.90. The summed E-state index contributed by atoms with van der Waals surface area (Å²) in [6.45, 7) is 1.07. The predicted octanol–water partition coefficient (Wildman–Crippen LogP) is 1.29. The number of aromatic nitrogens is 4. The molecule has 1 atom stereocenters. The first-order chi connectivity index (χ1) is 7.93. The van der Waals surface area contributed by atoms with Gasteiger partial charge in [0.1, 0.15) is 11.5 Å². The molecule has 0 aromatic carbocycles. The largest absolute Gasteiger partial charge is 0.338 e. The summed E-state index contributed by atoms with van der Waals surface area (Å²) in [5.41, 5.74) is 0.879. The summed E-state index contributed by atoms with van der Waals surface area (Å²) < 4.78 is 0. The quantitative estimate of drug-likeness (QED) is 0.792. The van der Waals surface area contributed by atoms with Crippen molar-refractivity contribution in [1.82, 2.24) is 25.3 Å². The molecule has 1 saturated heterocycles. The summed E-state index contributed by atoms with van der Waals surface area (Å²) in [6, 6.07) is 2.16. The van der Waals surface area contributed by atoms with Crippen molar-refractivity contribution in [3.8, 4) is 11.5 Å². The molecule has 0 spiro atoms. The number of hydrogen-bond acceptors (Lipinski definition) is 4. The molecule has 0 saturated carbocycles. The highest BCUT2D eigenvalue weighted by Gasteiger charge is 2.19. The van der Waals surface area contributed by atoms with Crippen molar-refractivity contribution in [2.45, 2.75) is 18.9 Å². The van der Waals surface area contributed by atoms with Crippen LogP contribution in [0.1, 0.15) is 24.7 Å². The minimum absolute atomic E-state index is 0.359. The third-order valence-electron chi connectivity index (χ3n) is 2.79. The summed E-state index contributed by atoms with van der Waals surface area (Å²) >= 11 is 0. The molecule has 2 aromatic rings. The van der Waals surface area contributed by atoms with E-state index >= 15 is 0 Å². The van der Waals surface area contributed by atoms with Gasteiger partial charge < -0.3 is 10.3 Å². The first kappa shape index (κ1) is 9.47. The molecule has 1 aliphatic rings. The van der Waals surface area contributed by atoms with E-state index in [1.165, 1.54) is 6.42 Å². The maximum Gasteiger partial charge on any atom is 0.177 e. The first-order valence-electron chi connectivity index (χ1n) is 5.49. The van der Waals surface area contributed by atoms with Crippen LogP contribution >= 0.6 is 0 Å². The van der Waals surface area contributed by atoms with Gasteiger partial charge in [0.15, 0.2) is 5.82 Å². The minimum Gasteiger partial charge on any atom is -0.338 e. The first-order valence-corrected chi connectivity index (χ1v) is 5.49. The van der Waals surface area contributed by atoms with E-state index in [9.17, 15) is 0 Å². The molecule has 2 aromatic heterocycles. The lowest BCUT2D eigenvalue weighted by Crippen LogP contribution is -2.14. The number of nitrogens with one attached hydrogen (secondary N) is 2. The van der Waals surface area contributed by atoms with Gasteiger partial charge in [0.25, 0.3) is 0 Å². The van der Waals surface area contributed by atoms with Crippen molar-refractivity contribution >= 4 is 0 Å². The number of imidazole rings is 1. The van der Waals surface area contributed by atoms with E-state index < -0.39 is 0 Å². The number of nitrogens with zero attached hydrogens (tertiary/aromatic N) is 3. The molecule has 3 heterocycles. The summed E-state index contributed by atoms with van der Waals surface area (Å²) in [6.07, 6.45) is 7.61. The van der Waals surface area contributed by atoms with Gasteiger partial charge in [0, 0.05) is 12.4 Å². The van der Waals surface area contributed by atoms with Crippen LogP contribution < -0.4 is 5.32 Å². The van der Waals surface area contributed by atoms with Crippen molar-refractivity contribution in [3.63, 3.8) is 0 Å². The van der Waals surface area contributed by atoms with Crippen molar-refractivity contribution in [2.24, 2.45) is 0 Å². The zero-order valence-corrected chi connectivity index (χ0v) is 8.85. The zero-order chi connectivity index (χ0) is 10.8.